The van der Waals surface area contributed by atoms with Gasteiger partial charge >= 0.3 is 0 Å². The summed E-state index contributed by atoms with van der Waals surface area (Å²) in [6.07, 6.45) is 5.16. The van der Waals surface area contributed by atoms with Crippen molar-refractivity contribution in [2.75, 3.05) is 13.1 Å². The van der Waals surface area contributed by atoms with Crippen LogP contribution in [0, 0.1) is 0 Å². The van der Waals surface area contributed by atoms with Crippen molar-refractivity contribution in [3.8, 4) is 5.69 Å². The van der Waals surface area contributed by atoms with Gasteiger partial charge < -0.3 is 10.4 Å². The molecule has 2 aromatic rings. The molecular weight excluding hydrogens is 226 g/mol. The Kier molecular flexibility index (Phi) is 2.89. The van der Waals surface area contributed by atoms with Gasteiger partial charge in [0.1, 0.15) is 0 Å². The highest BCUT2D eigenvalue weighted by atomic mass is 16.3. The Morgan fingerprint density at radius 3 is 2.94 bits per heavy atom. The summed E-state index contributed by atoms with van der Waals surface area (Å²) in [6, 6.07) is 10.0. The third-order valence-electron chi connectivity index (χ3n) is 3.48. The molecular formula is C14H17N3O. The molecule has 1 aromatic heterocycles. The fourth-order valence-electron chi connectivity index (χ4n) is 2.53. The summed E-state index contributed by atoms with van der Waals surface area (Å²) in [5.74, 6) is 0. The van der Waals surface area contributed by atoms with Crippen molar-refractivity contribution in [3.63, 3.8) is 0 Å². The van der Waals surface area contributed by atoms with Gasteiger partial charge in [-0.1, -0.05) is 18.2 Å². The van der Waals surface area contributed by atoms with Crippen molar-refractivity contribution < 1.29 is 5.11 Å². The molecule has 0 saturated carbocycles. The highest BCUT2D eigenvalue weighted by Gasteiger charge is 2.31. The number of aliphatic hydroxyl groups is 1. The highest BCUT2D eigenvalue weighted by molar-refractivity contribution is 5.41. The van der Waals surface area contributed by atoms with Crippen molar-refractivity contribution in [1.29, 1.82) is 0 Å². The topological polar surface area (TPSA) is 50.1 Å². The average molecular weight is 243 g/mol. The van der Waals surface area contributed by atoms with E-state index in [0.29, 0.717) is 13.0 Å². The first kappa shape index (κ1) is 11.4. The number of aromatic nitrogens is 2. The summed E-state index contributed by atoms with van der Waals surface area (Å²) in [5.41, 5.74) is 1.55. The lowest BCUT2D eigenvalue weighted by atomic mass is 9.93. The smallest absolute Gasteiger partial charge is 0.0824 e. The Hall–Kier alpha value is -1.65. The van der Waals surface area contributed by atoms with Gasteiger partial charge in [-0.15, -0.1) is 0 Å². The lowest BCUT2D eigenvalue weighted by Crippen LogP contribution is -2.34. The largest absolute Gasteiger partial charge is 0.388 e. The number of hydrogen-bond acceptors (Lipinski definition) is 3. The Balaban J connectivity index is 1.92. The van der Waals surface area contributed by atoms with Crippen LogP contribution in [0.1, 0.15) is 12.0 Å². The molecule has 4 heteroatoms. The average Bonchev–Trinajstić information content (AvgIpc) is 3.01. The number of hydrogen-bond donors (Lipinski definition) is 2. The van der Waals surface area contributed by atoms with Crippen LogP contribution in [0.5, 0.6) is 0 Å². The minimum absolute atomic E-state index is 0.622. The van der Waals surface area contributed by atoms with Gasteiger partial charge in [0.05, 0.1) is 11.3 Å². The fourth-order valence-corrected chi connectivity index (χ4v) is 2.53. The molecule has 4 nitrogen and oxygen atoms in total. The Bertz CT molecular complexity index is 516. The van der Waals surface area contributed by atoms with Crippen molar-refractivity contribution >= 4 is 0 Å². The normalized spacial score (nSPS) is 23.4. The van der Waals surface area contributed by atoms with Crippen LogP contribution in [0.3, 0.4) is 0 Å². The lowest BCUT2D eigenvalue weighted by Gasteiger charge is -2.22. The SMILES string of the molecule is OC1(Cc2ccccc2-n2cccn2)CCNC1. The van der Waals surface area contributed by atoms with Gasteiger partial charge in [0.25, 0.3) is 0 Å². The summed E-state index contributed by atoms with van der Waals surface area (Å²) in [4.78, 5) is 0. The molecule has 1 atom stereocenters. The van der Waals surface area contributed by atoms with Crippen molar-refractivity contribution in [2.45, 2.75) is 18.4 Å². The molecule has 1 unspecified atom stereocenters. The van der Waals surface area contributed by atoms with Crippen LogP contribution in [0.25, 0.3) is 5.69 Å². The quantitative estimate of drug-likeness (QED) is 0.850. The maximum absolute atomic E-state index is 10.5. The monoisotopic (exact) mass is 243 g/mol. The molecule has 1 fully saturated rings. The van der Waals surface area contributed by atoms with Crippen LogP contribution < -0.4 is 5.32 Å². The van der Waals surface area contributed by atoms with E-state index in [2.05, 4.69) is 16.5 Å². The standard InChI is InChI=1S/C14H17N3O/c18-14(6-8-15-11-14)10-12-4-1-2-5-13(12)17-9-3-7-16-17/h1-5,7,9,15,18H,6,8,10-11H2. The van der Waals surface area contributed by atoms with Gasteiger partial charge in [-0.3, -0.25) is 0 Å². The van der Waals surface area contributed by atoms with E-state index in [1.165, 1.54) is 0 Å². The van der Waals surface area contributed by atoms with Crippen LogP contribution in [-0.4, -0.2) is 33.6 Å². The molecule has 0 aliphatic carbocycles. The van der Waals surface area contributed by atoms with Gasteiger partial charge in [0, 0.05) is 25.4 Å². The third-order valence-corrected chi connectivity index (χ3v) is 3.48. The zero-order valence-corrected chi connectivity index (χ0v) is 10.2. The van der Waals surface area contributed by atoms with Crippen LogP contribution in [0.4, 0.5) is 0 Å². The van der Waals surface area contributed by atoms with E-state index in [0.717, 1.165) is 24.2 Å². The Morgan fingerprint density at radius 2 is 2.22 bits per heavy atom. The van der Waals surface area contributed by atoms with E-state index in [4.69, 9.17) is 0 Å². The van der Waals surface area contributed by atoms with Gasteiger partial charge in [-0.05, 0) is 30.7 Å². The zero-order chi connectivity index (χ0) is 12.4. The number of rotatable bonds is 3. The van der Waals surface area contributed by atoms with Gasteiger partial charge in [0.2, 0.25) is 0 Å². The minimum Gasteiger partial charge on any atom is -0.388 e. The molecule has 0 radical (unpaired) electrons. The molecule has 94 valence electrons. The minimum atomic E-state index is -0.622. The number of β-amino-alcohol motifs (C(OH)–C–C–N with tert-alkyl or cyclic N) is 1. The van der Waals surface area contributed by atoms with E-state index >= 15 is 0 Å². The number of para-hydroxylation sites is 1. The molecule has 0 spiro atoms. The highest BCUT2D eigenvalue weighted by Crippen LogP contribution is 2.24. The van der Waals surface area contributed by atoms with Crippen LogP contribution in [0.2, 0.25) is 0 Å². The summed E-state index contributed by atoms with van der Waals surface area (Å²) in [7, 11) is 0. The number of nitrogens with one attached hydrogen (secondary N) is 1. The first-order valence-corrected chi connectivity index (χ1v) is 6.28. The first-order valence-electron chi connectivity index (χ1n) is 6.28. The fraction of sp³-hybridized carbons (Fsp3) is 0.357. The predicted molar refractivity (Wildman–Crippen MR) is 69.7 cm³/mol. The van der Waals surface area contributed by atoms with Gasteiger partial charge in [-0.2, -0.15) is 5.10 Å². The second-order valence-corrected chi connectivity index (χ2v) is 4.91. The third kappa shape index (κ3) is 2.17. The molecule has 2 N–H and O–H groups in total. The van der Waals surface area contributed by atoms with Crippen LogP contribution in [0.15, 0.2) is 42.7 Å². The molecule has 0 bridgehead atoms. The number of benzene rings is 1. The second-order valence-electron chi connectivity index (χ2n) is 4.91. The molecule has 1 aliphatic rings. The van der Waals surface area contributed by atoms with E-state index in [1.54, 1.807) is 6.20 Å². The van der Waals surface area contributed by atoms with Crippen LogP contribution >= 0.6 is 0 Å². The number of nitrogens with zero attached hydrogens (tertiary/aromatic N) is 2. The maximum Gasteiger partial charge on any atom is 0.0824 e. The zero-order valence-electron chi connectivity index (χ0n) is 10.2. The van der Waals surface area contributed by atoms with Gasteiger partial charge in [0.15, 0.2) is 0 Å². The van der Waals surface area contributed by atoms with Crippen molar-refractivity contribution in [1.82, 2.24) is 15.1 Å². The molecule has 18 heavy (non-hydrogen) atoms. The Morgan fingerprint density at radius 1 is 1.33 bits per heavy atom. The molecule has 0 amide bonds. The van der Waals surface area contributed by atoms with E-state index in [9.17, 15) is 5.11 Å². The van der Waals surface area contributed by atoms with E-state index < -0.39 is 5.60 Å². The summed E-state index contributed by atoms with van der Waals surface area (Å²) < 4.78 is 1.85. The second kappa shape index (κ2) is 4.55. The van der Waals surface area contributed by atoms with Crippen molar-refractivity contribution in [2.24, 2.45) is 0 Å². The van der Waals surface area contributed by atoms with Crippen LogP contribution in [-0.2, 0) is 6.42 Å². The molecule has 1 aliphatic heterocycles. The van der Waals surface area contributed by atoms with Gasteiger partial charge in [-0.25, -0.2) is 4.68 Å². The first-order chi connectivity index (χ1) is 8.77. The lowest BCUT2D eigenvalue weighted by molar-refractivity contribution is 0.0618. The molecule has 2 heterocycles. The summed E-state index contributed by atoms with van der Waals surface area (Å²) in [5, 5.41) is 18.0. The molecule has 1 saturated heterocycles. The summed E-state index contributed by atoms with van der Waals surface area (Å²) >= 11 is 0. The Labute approximate surface area is 106 Å². The summed E-state index contributed by atoms with van der Waals surface area (Å²) in [6.45, 7) is 1.56. The van der Waals surface area contributed by atoms with E-state index in [1.807, 2.05) is 35.1 Å². The van der Waals surface area contributed by atoms with E-state index in [-0.39, 0.29) is 0 Å². The van der Waals surface area contributed by atoms with Crippen molar-refractivity contribution in [3.05, 3.63) is 48.3 Å². The predicted octanol–water partition coefficient (Wildman–Crippen LogP) is 1.14. The maximum atomic E-state index is 10.5. The molecule has 3 rings (SSSR count). The molecule has 1 aromatic carbocycles.